The van der Waals surface area contributed by atoms with Crippen molar-refractivity contribution in [3.05, 3.63) is 35.6 Å². The number of benzene rings is 1. The fourth-order valence-corrected chi connectivity index (χ4v) is 2.12. The number of hydrogen-bond donors (Lipinski definition) is 1. The number of halogens is 1. The van der Waals surface area contributed by atoms with E-state index in [4.69, 9.17) is 5.73 Å². The zero-order valence-electron chi connectivity index (χ0n) is 11.2. The average Bonchev–Trinajstić information content (AvgIpc) is 2.27. The van der Waals surface area contributed by atoms with Crippen LogP contribution in [-0.4, -0.2) is 24.0 Å². The van der Waals surface area contributed by atoms with Crippen molar-refractivity contribution in [2.75, 3.05) is 7.05 Å². The Bertz CT molecular complexity index is 352. The third kappa shape index (κ3) is 3.79. The molecule has 0 bridgehead atoms. The molecule has 2 nitrogen and oxygen atoms in total. The van der Waals surface area contributed by atoms with Crippen LogP contribution in [0.4, 0.5) is 4.39 Å². The summed E-state index contributed by atoms with van der Waals surface area (Å²) >= 11 is 0. The van der Waals surface area contributed by atoms with Crippen molar-refractivity contribution in [2.24, 2.45) is 5.73 Å². The molecule has 0 saturated carbocycles. The summed E-state index contributed by atoms with van der Waals surface area (Å²) in [4.78, 5) is 2.17. The molecule has 0 aliphatic heterocycles. The van der Waals surface area contributed by atoms with Crippen LogP contribution in [0.3, 0.4) is 0 Å². The molecule has 0 aliphatic rings. The summed E-state index contributed by atoms with van der Waals surface area (Å²) in [5, 5.41) is 0. The molecule has 3 unspecified atom stereocenters. The topological polar surface area (TPSA) is 29.3 Å². The standard InChI is InChI=1S/C14H23FN2/c1-10(16)9-11(2)17(4)12(3)13-7-5-6-8-14(13)15/h5-8,10-12H,9,16H2,1-4H3. The van der Waals surface area contributed by atoms with Gasteiger partial charge in [0.25, 0.3) is 0 Å². The summed E-state index contributed by atoms with van der Waals surface area (Å²) < 4.78 is 13.7. The average molecular weight is 238 g/mol. The van der Waals surface area contributed by atoms with Gasteiger partial charge < -0.3 is 5.73 Å². The molecule has 0 aliphatic carbocycles. The van der Waals surface area contributed by atoms with Gasteiger partial charge in [-0.25, -0.2) is 4.39 Å². The minimum Gasteiger partial charge on any atom is -0.328 e. The second-order valence-corrected chi connectivity index (χ2v) is 4.92. The van der Waals surface area contributed by atoms with E-state index in [0.717, 1.165) is 12.0 Å². The van der Waals surface area contributed by atoms with Crippen molar-refractivity contribution in [1.82, 2.24) is 4.90 Å². The van der Waals surface area contributed by atoms with Crippen molar-refractivity contribution in [3.63, 3.8) is 0 Å². The Hall–Kier alpha value is -0.930. The van der Waals surface area contributed by atoms with Crippen LogP contribution in [0.15, 0.2) is 24.3 Å². The predicted octanol–water partition coefficient (Wildman–Crippen LogP) is 2.94. The molecule has 1 aromatic carbocycles. The lowest BCUT2D eigenvalue weighted by Gasteiger charge is -2.32. The van der Waals surface area contributed by atoms with Crippen LogP contribution in [0.25, 0.3) is 0 Å². The largest absolute Gasteiger partial charge is 0.328 e. The summed E-state index contributed by atoms with van der Waals surface area (Å²) in [6.45, 7) is 6.15. The van der Waals surface area contributed by atoms with Gasteiger partial charge in [0.2, 0.25) is 0 Å². The van der Waals surface area contributed by atoms with E-state index in [-0.39, 0.29) is 17.9 Å². The maximum absolute atomic E-state index is 13.7. The van der Waals surface area contributed by atoms with Crippen molar-refractivity contribution in [3.8, 4) is 0 Å². The highest BCUT2D eigenvalue weighted by molar-refractivity contribution is 5.20. The lowest BCUT2D eigenvalue weighted by Crippen LogP contribution is -2.36. The number of rotatable bonds is 5. The molecular weight excluding hydrogens is 215 g/mol. The smallest absolute Gasteiger partial charge is 0.127 e. The van der Waals surface area contributed by atoms with Gasteiger partial charge in [-0.1, -0.05) is 18.2 Å². The van der Waals surface area contributed by atoms with Crippen molar-refractivity contribution in [2.45, 2.75) is 45.3 Å². The Morgan fingerprint density at radius 3 is 2.35 bits per heavy atom. The zero-order chi connectivity index (χ0) is 13.0. The first kappa shape index (κ1) is 14.1. The van der Waals surface area contributed by atoms with Crippen molar-refractivity contribution < 1.29 is 4.39 Å². The van der Waals surface area contributed by atoms with E-state index in [1.807, 2.05) is 33.0 Å². The van der Waals surface area contributed by atoms with Crippen LogP contribution in [0.2, 0.25) is 0 Å². The molecule has 0 amide bonds. The molecule has 0 radical (unpaired) electrons. The Labute approximate surface area is 104 Å². The molecule has 17 heavy (non-hydrogen) atoms. The molecule has 2 N–H and O–H groups in total. The van der Waals surface area contributed by atoms with Gasteiger partial charge in [-0.3, -0.25) is 4.90 Å². The summed E-state index contributed by atoms with van der Waals surface area (Å²) in [6.07, 6.45) is 0.912. The molecule has 0 aromatic heterocycles. The Kier molecular flexibility index (Phi) is 5.09. The highest BCUT2D eigenvalue weighted by atomic mass is 19.1. The van der Waals surface area contributed by atoms with E-state index in [9.17, 15) is 4.39 Å². The molecule has 0 fully saturated rings. The molecule has 1 aromatic rings. The fraction of sp³-hybridized carbons (Fsp3) is 0.571. The number of nitrogens with two attached hydrogens (primary N) is 1. The van der Waals surface area contributed by atoms with E-state index in [1.165, 1.54) is 6.07 Å². The quantitative estimate of drug-likeness (QED) is 0.854. The SMILES string of the molecule is CC(N)CC(C)N(C)C(C)c1ccccc1F. The Morgan fingerprint density at radius 1 is 1.24 bits per heavy atom. The molecular formula is C14H23FN2. The van der Waals surface area contributed by atoms with Crippen LogP contribution in [0, 0.1) is 5.82 Å². The molecule has 0 heterocycles. The molecule has 3 atom stereocenters. The molecule has 3 heteroatoms. The second-order valence-electron chi connectivity index (χ2n) is 4.92. The van der Waals surface area contributed by atoms with Crippen molar-refractivity contribution >= 4 is 0 Å². The van der Waals surface area contributed by atoms with E-state index in [0.29, 0.717) is 6.04 Å². The van der Waals surface area contributed by atoms with Gasteiger partial charge in [0.15, 0.2) is 0 Å². The number of hydrogen-bond acceptors (Lipinski definition) is 2. The molecule has 0 spiro atoms. The van der Waals surface area contributed by atoms with Crippen LogP contribution in [0.1, 0.15) is 38.8 Å². The first-order valence-electron chi connectivity index (χ1n) is 6.15. The first-order chi connectivity index (χ1) is 7.93. The normalized spacial score (nSPS) is 16.9. The molecule has 96 valence electrons. The van der Waals surface area contributed by atoms with Gasteiger partial charge in [0.1, 0.15) is 5.82 Å². The monoisotopic (exact) mass is 238 g/mol. The van der Waals surface area contributed by atoms with Gasteiger partial charge in [-0.15, -0.1) is 0 Å². The van der Waals surface area contributed by atoms with Crippen molar-refractivity contribution in [1.29, 1.82) is 0 Å². The van der Waals surface area contributed by atoms with Gasteiger partial charge in [0, 0.05) is 23.7 Å². The van der Waals surface area contributed by atoms with Gasteiger partial charge in [-0.05, 0) is 40.3 Å². The van der Waals surface area contributed by atoms with E-state index >= 15 is 0 Å². The summed E-state index contributed by atoms with van der Waals surface area (Å²) in [6, 6.07) is 7.51. The molecule has 0 saturated heterocycles. The fourth-order valence-electron chi connectivity index (χ4n) is 2.12. The van der Waals surface area contributed by atoms with E-state index in [2.05, 4.69) is 11.8 Å². The highest BCUT2D eigenvalue weighted by Crippen LogP contribution is 2.24. The second kappa shape index (κ2) is 6.12. The Balaban J connectivity index is 2.76. The first-order valence-corrected chi connectivity index (χ1v) is 6.15. The van der Waals surface area contributed by atoms with Crippen LogP contribution < -0.4 is 5.73 Å². The molecule has 1 rings (SSSR count). The highest BCUT2D eigenvalue weighted by Gasteiger charge is 2.20. The van der Waals surface area contributed by atoms with E-state index in [1.54, 1.807) is 6.07 Å². The minimum absolute atomic E-state index is 0.0601. The minimum atomic E-state index is -0.139. The summed E-state index contributed by atoms with van der Waals surface area (Å²) in [5.74, 6) is -0.139. The van der Waals surface area contributed by atoms with E-state index < -0.39 is 0 Å². The van der Waals surface area contributed by atoms with Crippen LogP contribution >= 0.6 is 0 Å². The van der Waals surface area contributed by atoms with Crippen LogP contribution in [0.5, 0.6) is 0 Å². The van der Waals surface area contributed by atoms with Crippen LogP contribution in [-0.2, 0) is 0 Å². The lowest BCUT2D eigenvalue weighted by molar-refractivity contribution is 0.180. The Morgan fingerprint density at radius 2 is 1.82 bits per heavy atom. The zero-order valence-corrected chi connectivity index (χ0v) is 11.2. The maximum Gasteiger partial charge on any atom is 0.127 e. The lowest BCUT2D eigenvalue weighted by atomic mass is 10.0. The van der Waals surface area contributed by atoms with Gasteiger partial charge >= 0.3 is 0 Å². The maximum atomic E-state index is 13.7. The third-order valence-electron chi connectivity index (χ3n) is 3.37. The van der Waals surface area contributed by atoms with Gasteiger partial charge in [-0.2, -0.15) is 0 Å². The van der Waals surface area contributed by atoms with Gasteiger partial charge in [0.05, 0.1) is 0 Å². The summed E-state index contributed by atoms with van der Waals surface area (Å²) in [5.41, 5.74) is 6.54. The summed E-state index contributed by atoms with van der Waals surface area (Å²) in [7, 11) is 2.02. The number of nitrogens with zero attached hydrogens (tertiary/aromatic N) is 1. The predicted molar refractivity (Wildman–Crippen MR) is 70.3 cm³/mol. The third-order valence-corrected chi connectivity index (χ3v) is 3.37.